The lowest BCUT2D eigenvalue weighted by atomic mass is 9.83. The van der Waals surface area contributed by atoms with Crippen molar-refractivity contribution in [3.63, 3.8) is 0 Å². The van der Waals surface area contributed by atoms with Crippen molar-refractivity contribution < 1.29 is 0 Å². The highest BCUT2D eigenvalue weighted by molar-refractivity contribution is 6.32. The maximum Gasteiger partial charge on any atom is 0.0546 e. The van der Waals surface area contributed by atoms with E-state index in [1.54, 1.807) is 0 Å². The fraction of sp³-hybridized carbons (Fsp3) is 0.278. The summed E-state index contributed by atoms with van der Waals surface area (Å²) in [4.78, 5) is 5.08. The molecule has 0 heterocycles. The average Bonchev–Trinajstić information content (AvgIpc) is 3.36. The zero-order valence-corrected chi connectivity index (χ0v) is 47.1. The number of hydrogen-bond donors (Lipinski definition) is 0. The molecule has 2 nitrogen and oxygen atoms in total. The Balaban J connectivity index is 1.38. The summed E-state index contributed by atoms with van der Waals surface area (Å²) in [5.74, 6) is 0. The Labute approximate surface area is 443 Å². The zero-order chi connectivity index (χ0) is 52.8. The third kappa shape index (κ3) is 9.27. The molecule has 0 spiro atoms. The molecule has 0 bridgehead atoms. The molecule has 0 saturated carbocycles. The predicted octanol–water partition coefficient (Wildman–Crippen LogP) is 21.3. The van der Waals surface area contributed by atoms with Crippen molar-refractivity contribution in [2.45, 2.75) is 132 Å². The molecule has 0 fully saturated rings. The number of aryl methyl sites for hydroxylation is 4. The van der Waals surface area contributed by atoms with Crippen LogP contribution in [0.15, 0.2) is 170 Å². The van der Waals surface area contributed by atoms with Gasteiger partial charge in [-0.1, -0.05) is 204 Å². The first-order valence-electron chi connectivity index (χ1n) is 26.8. The smallest absolute Gasteiger partial charge is 0.0546 e. The monoisotopic (exact) mass is 969 g/mol. The molecule has 0 unspecified atom stereocenters. The number of benzene rings is 10. The number of rotatable bonds is 8. The number of nitrogens with zero attached hydrogens (tertiary/aromatic N) is 2. The molecule has 10 rings (SSSR count). The topological polar surface area (TPSA) is 6.48 Å². The SMILES string of the molecule is Cc1ccc(C)c(N(c2ccc(C(C)(C)C)cc2)c2cc(-c3ccc(C(C)(C)C)cc3)c3ccc4c(N(c5ccc(C(C)(C)C)cc5)c5cc(C)ccc5C)cc(-c5ccc(C(C)(C)C)cc5)c5ccc2c3c54)c1. The van der Waals surface area contributed by atoms with Crippen molar-refractivity contribution in [2.75, 3.05) is 9.80 Å². The van der Waals surface area contributed by atoms with Crippen LogP contribution in [0.4, 0.5) is 34.1 Å². The van der Waals surface area contributed by atoms with Gasteiger partial charge in [-0.3, -0.25) is 0 Å². The molecule has 74 heavy (non-hydrogen) atoms. The van der Waals surface area contributed by atoms with Crippen molar-refractivity contribution in [3.05, 3.63) is 214 Å². The molecule has 0 aromatic heterocycles. The molecular formula is C72H76N2. The molecular weight excluding hydrogens is 893 g/mol. The second kappa shape index (κ2) is 18.3. The fourth-order valence-electron chi connectivity index (χ4n) is 11.1. The van der Waals surface area contributed by atoms with Gasteiger partial charge < -0.3 is 9.80 Å². The molecule has 0 saturated heterocycles. The highest BCUT2D eigenvalue weighted by atomic mass is 15.2. The van der Waals surface area contributed by atoms with Crippen LogP contribution in [0.1, 0.15) is 128 Å². The first-order chi connectivity index (χ1) is 34.9. The molecule has 0 aliphatic rings. The van der Waals surface area contributed by atoms with Gasteiger partial charge in [0.1, 0.15) is 0 Å². The van der Waals surface area contributed by atoms with Gasteiger partial charge in [-0.15, -0.1) is 0 Å². The molecule has 10 aromatic carbocycles. The third-order valence-corrected chi connectivity index (χ3v) is 15.7. The normalized spacial score (nSPS) is 12.6. The molecule has 0 atom stereocenters. The minimum absolute atomic E-state index is 0.0178. The Morgan fingerprint density at radius 2 is 0.554 bits per heavy atom. The van der Waals surface area contributed by atoms with Crippen molar-refractivity contribution in [1.82, 2.24) is 0 Å². The van der Waals surface area contributed by atoms with Gasteiger partial charge in [-0.05, 0) is 175 Å². The van der Waals surface area contributed by atoms with Gasteiger partial charge in [0.2, 0.25) is 0 Å². The van der Waals surface area contributed by atoms with Crippen LogP contribution in [0.3, 0.4) is 0 Å². The number of hydrogen-bond acceptors (Lipinski definition) is 2. The minimum Gasteiger partial charge on any atom is -0.310 e. The van der Waals surface area contributed by atoms with Crippen LogP contribution in [-0.2, 0) is 21.7 Å². The summed E-state index contributed by atoms with van der Waals surface area (Å²) in [5.41, 5.74) is 22.0. The van der Waals surface area contributed by atoms with E-state index >= 15 is 0 Å². The predicted molar refractivity (Wildman–Crippen MR) is 324 cm³/mol. The van der Waals surface area contributed by atoms with Crippen molar-refractivity contribution in [3.8, 4) is 22.3 Å². The van der Waals surface area contributed by atoms with Crippen LogP contribution in [0, 0.1) is 27.7 Å². The molecule has 0 amide bonds. The molecule has 0 N–H and O–H groups in total. The first-order valence-corrected chi connectivity index (χ1v) is 26.8. The number of anilines is 6. The zero-order valence-electron chi connectivity index (χ0n) is 47.1. The molecule has 0 aliphatic carbocycles. The van der Waals surface area contributed by atoms with Crippen molar-refractivity contribution in [2.24, 2.45) is 0 Å². The van der Waals surface area contributed by atoms with Crippen molar-refractivity contribution >= 4 is 66.4 Å². The van der Waals surface area contributed by atoms with Gasteiger partial charge in [-0.25, -0.2) is 0 Å². The van der Waals surface area contributed by atoms with E-state index in [2.05, 4.69) is 290 Å². The highest BCUT2D eigenvalue weighted by Crippen LogP contribution is 2.53. The van der Waals surface area contributed by atoms with Gasteiger partial charge in [-0.2, -0.15) is 0 Å². The lowest BCUT2D eigenvalue weighted by Gasteiger charge is -2.32. The second-order valence-electron chi connectivity index (χ2n) is 25.5. The van der Waals surface area contributed by atoms with E-state index in [0.29, 0.717) is 0 Å². The second-order valence-corrected chi connectivity index (χ2v) is 25.5. The van der Waals surface area contributed by atoms with Gasteiger partial charge in [0, 0.05) is 44.3 Å². The summed E-state index contributed by atoms with van der Waals surface area (Å²) in [6.45, 7) is 36.5. The Morgan fingerprint density at radius 3 is 0.851 bits per heavy atom. The molecule has 2 heteroatoms. The Kier molecular flexibility index (Phi) is 12.5. The molecule has 0 radical (unpaired) electrons. The van der Waals surface area contributed by atoms with Crippen LogP contribution in [0.5, 0.6) is 0 Å². The Morgan fingerprint density at radius 1 is 0.270 bits per heavy atom. The quantitative estimate of drug-likeness (QED) is 0.140. The van der Waals surface area contributed by atoms with E-state index < -0.39 is 0 Å². The molecule has 374 valence electrons. The van der Waals surface area contributed by atoms with Gasteiger partial charge in [0.25, 0.3) is 0 Å². The lowest BCUT2D eigenvalue weighted by molar-refractivity contribution is 0.590. The average molecular weight is 969 g/mol. The third-order valence-electron chi connectivity index (χ3n) is 15.7. The summed E-state index contributed by atoms with van der Waals surface area (Å²) in [7, 11) is 0. The Bertz CT molecular complexity index is 3440. The van der Waals surface area contributed by atoms with E-state index in [9.17, 15) is 0 Å². The van der Waals surface area contributed by atoms with Crippen LogP contribution in [0.25, 0.3) is 54.6 Å². The van der Waals surface area contributed by atoms with E-state index in [1.165, 1.54) is 110 Å². The van der Waals surface area contributed by atoms with E-state index in [1.807, 2.05) is 0 Å². The van der Waals surface area contributed by atoms with Gasteiger partial charge in [0.05, 0.1) is 11.4 Å². The van der Waals surface area contributed by atoms with Crippen LogP contribution >= 0.6 is 0 Å². The Hall–Kier alpha value is -7.16. The van der Waals surface area contributed by atoms with Gasteiger partial charge in [0.15, 0.2) is 0 Å². The largest absolute Gasteiger partial charge is 0.310 e. The standard InChI is InChI=1S/C72H76N2/c1-45-17-19-47(3)63(41-45)73(55-33-29-53(30-34-55)71(11,12)13)65-43-61(49-21-25-51(26-22-49)69(5,6)7)57-38-40-60-66(74(64-42-46(2)18-20-48(64)4)56-35-31-54(32-36-56)72(14,15)16)44-62(58-37-39-59(65)67(57)68(58)60)50-23-27-52(28-24-50)70(8,9)10/h17-44H,1-16H3. The maximum atomic E-state index is 2.54. The van der Waals surface area contributed by atoms with E-state index in [4.69, 9.17) is 0 Å². The van der Waals surface area contributed by atoms with Crippen molar-refractivity contribution in [1.29, 1.82) is 0 Å². The van der Waals surface area contributed by atoms with E-state index in [0.717, 1.165) is 22.7 Å². The van der Waals surface area contributed by atoms with Crippen LogP contribution in [0.2, 0.25) is 0 Å². The summed E-state index contributed by atoms with van der Waals surface area (Å²) in [6.07, 6.45) is 0. The van der Waals surface area contributed by atoms with Crippen LogP contribution < -0.4 is 9.80 Å². The molecule has 0 aliphatic heterocycles. The summed E-state index contributed by atoms with van der Waals surface area (Å²) < 4.78 is 0. The van der Waals surface area contributed by atoms with E-state index in [-0.39, 0.29) is 21.7 Å². The fourth-order valence-corrected chi connectivity index (χ4v) is 11.1. The first kappa shape index (κ1) is 50.4. The highest BCUT2D eigenvalue weighted by Gasteiger charge is 2.28. The summed E-state index contributed by atoms with van der Waals surface area (Å²) >= 11 is 0. The summed E-state index contributed by atoms with van der Waals surface area (Å²) in [5, 5.41) is 7.46. The lowest BCUT2D eigenvalue weighted by Crippen LogP contribution is -2.15. The maximum absolute atomic E-state index is 2.54. The minimum atomic E-state index is 0.0178. The summed E-state index contributed by atoms with van der Waals surface area (Å²) in [6, 6.07) is 65.9. The van der Waals surface area contributed by atoms with Gasteiger partial charge >= 0.3 is 0 Å². The molecule has 10 aromatic rings. The van der Waals surface area contributed by atoms with Crippen LogP contribution in [-0.4, -0.2) is 0 Å².